The quantitative estimate of drug-likeness (QED) is 0.805. The van der Waals surface area contributed by atoms with Gasteiger partial charge in [0, 0.05) is 29.4 Å². The number of allylic oxidation sites excluding steroid dienone is 3. The number of hydrogen-bond donors (Lipinski definition) is 1. The molecule has 0 aliphatic heterocycles. The molecule has 4 heteroatoms. The molecule has 0 atom stereocenters. The van der Waals surface area contributed by atoms with Gasteiger partial charge in [-0.15, -0.1) is 0 Å². The molecule has 1 heterocycles. The molecule has 1 aliphatic carbocycles. The van der Waals surface area contributed by atoms with Crippen LogP contribution < -0.4 is 10.3 Å². The van der Waals surface area contributed by atoms with E-state index in [1.165, 1.54) is 5.57 Å². The zero-order valence-electron chi connectivity index (χ0n) is 16.7. The summed E-state index contributed by atoms with van der Waals surface area (Å²) >= 11 is 0. The fourth-order valence-corrected chi connectivity index (χ4v) is 3.51. The molecule has 0 fully saturated rings. The maximum absolute atomic E-state index is 12.9. The third kappa shape index (κ3) is 3.62. The summed E-state index contributed by atoms with van der Waals surface area (Å²) in [6, 6.07) is 5.75. The van der Waals surface area contributed by atoms with E-state index in [0.717, 1.165) is 27.8 Å². The summed E-state index contributed by atoms with van der Waals surface area (Å²) in [6.07, 6.45) is 8.61. The molecule has 1 aliphatic rings. The van der Waals surface area contributed by atoms with Crippen molar-refractivity contribution in [3.8, 4) is 16.9 Å². The molecule has 4 nitrogen and oxygen atoms in total. The van der Waals surface area contributed by atoms with Gasteiger partial charge in [0.15, 0.2) is 0 Å². The first-order valence-electron chi connectivity index (χ1n) is 9.22. The smallest absolute Gasteiger partial charge is 0.254 e. The number of aliphatic hydroxyl groups is 1. The van der Waals surface area contributed by atoms with Crippen LogP contribution in [0.2, 0.25) is 0 Å². The van der Waals surface area contributed by atoms with Crippen molar-refractivity contribution in [1.82, 2.24) is 4.57 Å². The van der Waals surface area contributed by atoms with E-state index in [2.05, 4.69) is 6.08 Å². The third-order valence-electron chi connectivity index (χ3n) is 5.00. The van der Waals surface area contributed by atoms with E-state index in [-0.39, 0.29) is 5.56 Å². The van der Waals surface area contributed by atoms with Crippen LogP contribution in [0.4, 0.5) is 0 Å². The number of fused-ring (bicyclic) bond motifs is 1. The highest BCUT2D eigenvalue weighted by molar-refractivity contribution is 5.83. The number of rotatable bonds is 5. The Balaban J connectivity index is 2.25. The maximum Gasteiger partial charge on any atom is 0.254 e. The molecule has 0 saturated heterocycles. The lowest BCUT2D eigenvalue weighted by molar-refractivity contribution is 0.0783. The summed E-state index contributed by atoms with van der Waals surface area (Å²) < 4.78 is 7.39. The van der Waals surface area contributed by atoms with Gasteiger partial charge in [0.05, 0.1) is 12.7 Å². The first-order valence-corrected chi connectivity index (χ1v) is 9.22. The molecule has 0 spiro atoms. The van der Waals surface area contributed by atoms with Crippen LogP contribution in [0.3, 0.4) is 0 Å². The summed E-state index contributed by atoms with van der Waals surface area (Å²) in [6.45, 7) is 8.04. The van der Waals surface area contributed by atoms with E-state index in [0.29, 0.717) is 18.7 Å². The second kappa shape index (κ2) is 7.20. The second-order valence-electron chi connectivity index (χ2n) is 7.60. The predicted octanol–water partition coefficient (Wildman–Crippen LogP) is 4.29. The summed E-state index contributed by atoms with van der Waals surface area (Å²) in [7, 11) is 1.63. The average molecular weight is 365 g/mol. The van der Waals surface area contributed by atoms with E-state index in [9.17, 15) is 9.90 Å². The van der Waals surface area contributed by atoms with Gasteiger partial charge in [-0.1, -0.05) is 35.9 Å². The van der Waals surface area contributed by atoms with E-state index in [1.54, 1.807) is 25.5 Å². The van der Waals surface area contributed by atoms with Crippen molar-refractivity contribution in [1.29, 1.82) is 0 Å². The van der Waals surface area contributed by atoms with Crippen LogP contribution in [0.15, 0.2) is 46.9 Å². The number of ether oxygens (including phenoxy) is 1. The summed E-state index contributed by atoms with van der Waals surface area (Å²) in [5, 5.41) is 10.3. The zero-order chi connectivity index (χ0) is 19.8. The zero-order valence-corrected chi connectivity index (χ0v) is 16.7. The average Bonchev–Trinajstić information content (AvgIpc) is 3.02. The number of pyridine rings is 1. The molecule has 0 bridgehead atoms. The van der Waals surface area contributed by atoms with Crippen LogP contribution in [-0.4, -0.2) is 16.8 Å². The molecule has 2 aromatic rings. The molecule has 0 unspecified atom stereocenters. The molecule has 1 N–H and O–H groups in total. The van der Waals surface area contributed by atoms with Crippen LogP contribution in [0.5, 0.6) is 5.75 Å². The molecule has 1 aromatic carbocycles. The van der Waals surface area contributed by atoms with Gasteiger partial charge in [-0.05, 0) is 51.3 Å². The molecule has 0 saturated carbocycles. The highest BCUT2D eigenvalue weighted by atomic mass is 16.5. The first-order chi connectivity index (χ1) is 12.8. The van der Waals surface area contributed by atoms with Gasteiger partial charge in [-0.25, -0.2) is 0 Å². The largest absolute Gasteiger partial charge is 0.496 e. The van der Waals surface area contributed by atoms with E-state index in [1.807, 2.05) is 50.4 Å². The Morgan fingerprint density at radius 2 is 2.04 bits per heavy atom. The topological polar surface area (TPSA) is 51.5 Å². The first kappa shape index (κ1) is 19.2. The van der Waals surface area contributed by atoms with Crippen molar-refractivity contribution < 1.29 is 9.84 Å². The molecule has 0 radical (unpaired) electrons. The van der Waals surface area contributed by atoms with Crippen molar-refractivity contribution in [2.24, 2.45) is 0 Å². The van der Waals surface area contributed by atoms with Crippen LogP contribution in [0.1, 0.15) is 44.4 Å². The van der Waals surface area contributed by atoms with Gasteiger partial charge in [-0.3, -0.25) is 4.79 Å². The lowest BCUT2D eigenvalue weighted by atomic mass is 9.93. The lowest BCUT2D eigenvalue weighted by Crippen LogP contribution is -2.24. The van der Waals surface area contributed by atoms with Crippen molar-refractivity contribution in [3.63, 3.8) is 0 Å². The number of hydrogen-bond acceptors (Lipinski definition) is 3. The number of benzene rings is 1. The van der Waals surface area contributed by atoms with Crippen molar-refractivity contribution >= 4 is 6.08 Å². The standard InChI is InChI=1S/C23H27NO3/c1-6-7-10-24-14-20(18-11-15(2)12-19(18)22(24)25)17-9-8-16(23(3,4)26)13-21(17)27-5/h6-9,11,13-14,26H,10,12H2,1-5H3/b7-6+. The minimum Gasteiger partial charge on any atom is -0.496 e. The van der Waals surface area contributed by atoms with Crippen molar-refractivity contribution in [2.75, 3.05) is 7.11 Å². The van der Waals surface area contributed by atoms with E-state index in [4.69, 9.17) is 4.74 Å². The lowest BCUT2D eigenvalue weighted by Gasteiger charge is -2.21. The molecule has 0 amide bonds. The fraction of sp³-hybridized carbons (Fsp3) is 0.348. The molecule has 27 heavy (non-hydrogen) atoms. The molecule has 3 rings (SSSR count). The maximum atomic E-state index is 12.9. The van der Waals surface area contributed by atoms with Crippen molar-refractivity contribution in [3.05, 3.63) is 69.2 Å². The fourth-order valence-electron chi connectivity index (χ4n) is 3.51. The van der Waals surface area contributed by atoms with Crippen LogP contribution in [-0.2, 0) is 18.6 Å². The third-order valence-corrected chi connectivity index (χ3v) is 5.00. The van der Waals surface area contributed by atoms with Gasteiger partial charge < -0.3 is 14.4 Å². The summed E-state index contributed by atoms with van der Waals surface area (Å²) in [4.78, 5) is 12.9. The number of methoxy groups -OCH3 is 1. The van der Waals surface area contributed by atoms with Gasteiger partial charge >= 0.3 is 0 Å². The van der Waals surface area contributed by atoms with Crippen LogP contribution >= 0.6 is 0 Å². The van der Waals surface area contributed by atoms with Gasteiger partial charge in [0.1, 0.15) is 5.75 Å². The Kier molecular flexibility index (Phi) is 5.11. The SMILES string of the molecule is C/C=C/Cn1cc(-c2ccc(C(C)(C)O)cc2OC)c2c(c1=O)CC(C)=C2. The van der Waals surface area contributed by atoms with Crippen molar-refractivity contribution in [2.45, 2.75) is 46.3 Å². The van der Waals surface area contributed by atoms with Crippen LogP contribution in [0.25, 0.3) is 17.2 Å². The summed E-state index contributed by atoms with van der Waals surface area (Å²) in [5.74, 6) is 0.686. The Morgan fingerprint density at radius 3 is 2.67 bits per heavy atom. The predicted molar refractivity (Wildman–Crippen MR) is 110 cm³/mol. The van der Waals surface area contributed by atoms with Gasteiger partial charge in [0.25, 0.3) is 5.56 Å². The van der Waals surface area contributed by atoms with Gasteiger partial charge in [-0.2, -0.15) is 0 Å². The van der Waals surface area contributed by atoms with Crippen LogP contribution in [0, 0.1) is 0 Å². The number of nitrogens with zero attached hydrogens (tertiary/aromatic N) is 1. The van der Waals surface area contributed by atoms with Gasteiger partial charge in [0.2, 0.25) is 0 Å². The molecule has 1 aromatic heterocycles. The Bertz CT molecular complexity index is 988. The Hall–Kier alpha value is -2.59. The Labute approximate surface area is 160 Å². The summed E-state index contributed by atoms with van der Waals surface area (Å²) in [5.41, 5.74) is 4.79. The molecular formula is C23H27NO3. The highest BCUT2D eigenvalue weighted by Gasteiger charge is 2.23. The molecule has 142 valence electrons. The second-order valence-corrected chi connectivity index (χ2v) is 7.60. The monoisotopic (exact) mass is 365 g/mol. The minimum atomic E-state index is -0.949. The normalized spacial score (nSPS) is 13.8. The molecular weight excluding hydrogens is 338 g/mol. The Morgan fingerprint density at radius 1 is 1.30 bits per heavy atom. The van der Waals surface area contributed by atoms with E-state index >= 15 is 0 Å². The minimum absolute atomic E-state index is 0.0621. The highest BCUT2D eigenvalue weighted by Crippen LogP contribution is 2.38. The van der Waals surface area contributed by atoms with E-state index < -0.39 is 5.60 Å². The number of aromatic nitrogens is 1.